The van der Waals surface area contributed by atoms with E-state index in [2.05, 4.69) is 62.2 Å². The summed E-state index contributed by atoms with van der Waals surface area (Å²) in [6.45, 7) is 11.7. The second-order valence-corrected chi connectivity index (χ2v) is 11.2. The van der Waals surface area contributed by atoms with Crippen LogP contribution in [-0.4, -0.2) is 51.0 Å². The largest absolute Gasteiger partial charge is 0.496 e. The molecule has 1 aliphatic carbocycles. The molecule has 4 aliphatic rings. The van der Waals surface area contributed by atoms with Crippen LogP contribution in [0, 0.1) is 25.2 Å². The SMILES string of the molecule is COc1cc2c(cc1-c1cc(C)c(OC)c(C)c1)CC(C)(C)C2NC(=O)O[C@H]1CN2CCC1CC2. The third-order valence-corrected chi connectivity index (χ3v) is 8.29. The number of ether oxygens (including phenoxy) is 3. The fourth-order valence-electron chi connectivity index (χ4n) is 6.51. The zero-order chi connectivity index (χ0) is 24.9. The molecule has 3 fully saturated rings. The molecule has 3 saturated heterocycles. The van der Waals surface area contributed by atoms with Crippen molar-refractivity contribution in [3.8, 4) is 22.6 Å². The van der Waals surface area contributed by atoms with Crippen LogP contribution in [0.1, 0.15) is 55.0 Å². The van der Waals surface area contributed by atoms with Gasteiger partial charge in [0.1, 0.15) is 17.6 Å². The average molecular weight is 479 g/mol. The summed E-state index contributed by atoms with van der Waals surface area (Å²) in [4.78, 5) is 15.4. The Kier molecular flexibility index (Phi) is 6.20. The lowest BCUT2D eigenvalue weighted by Crippen LogP contribution is -2.53. The van der Waals surface area contributed by atoms with Crippen LogP contribution in [0.25, 0.3) is 11.1 Å². The molecule has 2 bridgehead atoms. The third kappa shape index (κ3) is 4.37. The Labute approximate surface area is 208 Å². The van der Waals surface area contributed by atoms with E-state index in [0.717, 1.165) is 78.2 Å². The standard InChI is InChI=1S/C29H38N2O4/c1-17-11-20(12-18(2)26(17)34-6)22-13-21-15-29(3,4)27(23(21)14-24(22)33-5)30-28(32)35-25-16-31-9-7-19(25)8-10-31/h11-14,19,25,27H,7-10,15-16H2,1-6H3,(H,30,32)/t25-,27?/m0/s1. The molecular weight excluding hydrogens is 440 g/mol. The molecule has 6 nitrogen and oxygen atoms in total. The number of methoxy groups -OCH3 is 2. The van der Waals surface area contributed by atoms with Gasteiger partial charge in [0, 0.05) is 12.1 Å². The summed E-state index contributed by atoms with van der Waals surface area (Å²) < 4.78 is 17.4. The van der Waals surface area contributed by atoms with Crippen molar-refractivity contribution in [2.24, 2.45) is 11.3 Å². The summed E-state index contributed by atoms with van der Waals surface area (Å²) in [6.07, 6.45) is 2.82. The number of aryl methyl sites for hydroxylation is 2. The van der Waals surface area contributed by atoms with Crippen LogP contribution < -0.4 is 14.8 Å². The van der Waals surface area contributed by atoms with Gasteiger partial charge in [-0.15, -0.1) is 0 Å². The first kappa shape index (κ1) is 24.0. The minimum Gasteiger partial charge on any atom is -0.496 e. The van der Waals surface area contributed by atoms with Crippen molar-refractivity contribution in [2.45, 2.75) is 59.1 Å². The first-order valence-electron chi connectivity index (χ1n) is 12.8. The summed E-state index contributed by atoms with van der Waals surface area (Å²) in [6, 6.07) is 8.51. The number of piperidine rings is 3. The Morgan fingerprint density at radius 2 is 1.71 bits per heavy atom. The number of rotatable bonds is 5. The van der Waals surface area contributed by atoms with E-state index in [9.17, 15) is 4.79 Å². The molecule has 1 N–H and O–H groups in total. The normalized spacial score (nSPS) is 26.2. The van der Waals surface area contributed by atoms with Crippen molar-refractivity contribution < 1.29 is 19.0 Å². The molecular formula is C29H38N2O4. The molecule has 2 aromatic rings. The highest BCUT2D eigenvalue weighted by Crippen LogP contribution is 2.49. The topological polar surface area (TPSA) is 60.0 Å². The molecule has 6 rings (SSSR count). The number of hydrogen-bond donors (Lipinski definition) is 1. The van der Waals surface area contributed by atoms with E-state index in [0.29, 0.717) is 5.92 Å². The van der Waals surface area contributed by atoms with Crippen LogP contribution in [0.4, 0.5) is 4.79 Å². The van der Waals surface area contributed by atoms with E-state index in [-0.39, 0.29) is 23.7 Å². The zero-order valence-corrected chi connectivity index (χ0v) is 21.9. The Morgan fingerprint density at radius 3 is 2.29 bits per heavy atom. The lowest BCUT2D eigenvalue weighted by Gasteiger charge is -2.44. The van der Waals surface area contributed by atoms with E-state index in [4.69, 9.17) is 14.2 Å². The first-order chi connectivity index (χ1) is 16.7. The molecule has 0 aromatic heterocycles. The maximum atomic E-state index is 13.0. The summed E-state index contributed by atoms with van der Waals surface area (Å²) in [5.41, 5.74) is 6.59. The van der Waals surface area contributed by atoms with Crippen LogP contribution in [-0.2, 0) is 11.2 Å². The van der Waals surface area contributed by atoms with Crippen LogP contribution in [0.3, 0.4) is 0 Å². The van der Waals surface area contributed by atoms with Gasteiger partial charge in [0.2, 0.25) is 0 Å². The maximum absolute atomic E-state index is 13.0. The number of fused-ring (bicyclic) bond motifs is 4. The Balaban J connectivity index is 1.42. The number of hydrogen-bond acceptors (Lipinski definition) is 5. The fourth-order valence-corrected chi connectivity index (χ4v) is 6.51. The summed E-state index contributed by atoms with van der Waals surface area (Å²) in [7, 11) is 3.42. The van der Waals surface area contributed by atoms with E-state index in [1.165, 1.54) is 5.56 Å². The molecule has 1 amide bonds. The highest BCUT2D eigenvalue weighted by molar-refractivity contribution is 5.76. The zero-order valence-electron chi connectivity index (χ0n) is 21.9. The minimum atomic E-state index is -0.306. The van der Waals surface area contributed by atoms with Gasteiger partial charge in [-0.05, 0) is 110 Å². The molecule has 188 valence electrons. The third-order valence-electron chi connectivity index (χ3n) is 8.29. The Morgan fingerprint density at radius 1 is 1.03 bits per heavy atom. The number of nitrogens with one attached hydrogen (secondary N) is 1. The predicted octanol–water partition coefficient (Wildman–Crippen LogP) is 5.43. The quantitative estimate of drug-likeness (QED) is 0.621. The monoisotopic (exact) mass is 478 g/mol. The molecule has 3 heterocycles. The first-order valence-corrected chi connectivity index (χ1v) is 12.8. The highest BCUT2D eigenvalue weighted by Gasteiger charge is 2.42. The Bertz CT molecular complexity index is 1110. The van der Waals surface area contributed by atoms with E-state index < -0.39 is 0 Å². The second kappa shape index (κ2) is 9.05. The average Bonchev–Trinajstić information content (AvgIpc) is 3.07. The van der Waals surface area contributed by atoms with Gasteiger partial charge in [-0.1, -0.05) is 13.8 Å². The fraction of sp³-hybridized carbons (Fsp3) is 0.552. The molecule has 3 aliphatic heterocycles. The van der Waals surface area contributed by atoms with Gasteiger partial charge in [0.15, 0.2) is 0 Å². The smallest absolute Gasteiger partial charge is 0.407 e. The highest BCUT2D eigenvalue weighted by atomic mass is 16.6. The van der Waals surface area contributed by atoms with Gasteiger partial charge < -0.3 is 19.5 Å². The summed E-state index contributed by atoms with van der Waals surface area (Å²) in [5.74, 6) is 2.22. The van der Waals surface area contributed by atoms with E-state index in [1.54, 1.807) is 14.2 Å². The number of carbonyl (C=O) groups excluding carboxylic acids is 1. The van der Waals surface area contributed by atoms with Gasteiger partial charge in [0.25, 0.3) is 0 Å². The predicted molar refractivity (Wildman–Crippen MR) is 137 cm³/mol. The maximum Gasteiger partial charge on any atom is 0.407 e. The van der Waals surface area contributed by atoms with Crippen LogP contribution in [0.5, 0.6) is 11.5 Å². The van der Waals surface area contributed by atoms with Gasteiger partial charge in [-0.25, -0.2) is 4.79 Å². The van der Waals surface area contributed by atoms with Crippen molar-refractivity contribution in [3.63, 3.8) is 0 Å². The number of alkyl carbamates (subject to hydrolysis) is 1. The lowest BCUT2D eigenvalue weighted by atomic mass is 9.85. The molecule has 0 saturated carbocycles. The molecule has 35 heavy (non-hydrogen) atoms. The minimum absolute atomic E-state index is 0.0000471. The van der Waals surface area contributed by atoms with Crippen molar-refractivity contribution in [1.29, 1.82) is 0 Å². The summed E-state index contributed by atoms with van der Waals surface area (Å²) >= 11 is 0. The number of benzene rings is 2. The molecule has 0 radical (unpaired) electrons. The van der Waals surface area contributed by atoms with Crippen LogP contribution in [0.15, 0.2) is 24.3 Å². The molecule has 6 heteroatoms. The van der Waals surface area contributed by atoms with Crippen molar-refractivity contribution >= 4 is 6.09 Å². The van der Waals surface area contributed by atoms with E-state index >= 15 is 0 Å². The number of nitrogens with zero attached hydrogens (tertiary/aromatic N) is 1. The molecule has 0 spiro atoms. The van der Waals surface area contributed by atoms with Gasteiger partial charge in [-0.3, -0.25) is 4.90 Å². The summed E-state index contributed by atoms with van der Waals surface area (Å²) in [5, 5.41) is 3.22. The van der Waals surface area contributed by atoms with Gasteiger partial charge in [-0.2, -0.15) is 0 Å². The van der Waals surface area contributed by atoms with E-state index in [1.807, 2.05) is 0 Å². The van der Waals surface area contributed by atoms with Gasteiger partial charge in [0.05, 0.1) is 20.3 Å². The van der Waals surface area contributed by atoms with Crippen molar-refractivity contribution in [2.75, 3.05) is 33.9 Å². The number of carbonyl (C=O) groups is 1. The van der Waals surface area contributed by atoms with Gasteiger partial charge >= 0.3 is 6.09 Å². The van der Waals surface area contributed by atoms with Crippen molar-refractivity contribution in [1.82, 2.24) is 10.2 Å². The van der Waals surface area contributed by atoms with Crippen molar-refractivity contribution in [3.05, 3.63) is 46.5 Å². The van der Waals surface area contributed by atoms with Crippen LogP contribution in [0.2, 0.25) is 0 Å². The number of amides is 1. The molecule has 1 unspecified atom stereocenters. The molecule has 2 atom stereocenters. The molecule has 2 aromatic carbocycles. The second-order valence-electron chi connectivity index (χ2n) is 11.2. The lowest BCUT2D eigenvalue weighted by molar-refractivity contribution is -0.0349. The Hall–Kier alpha value is -2.73. The van der Waals surface area contributed by atoms with Crippen LogP contribution >= 0.6 is 0 Å².